The lowest BCUT2D eigenvalue weighted by Gasteiger charge is -2.12. The lowest BCUT2D eigenvalue weighted by molar-refractivity contribution is 0.0878. The van der Waals surface area contributed by atoms with E-state index in [0.717, 1.165) is 17.1 Å². The molecule has 0 fully saturated rings. The van der Waals surface area contributed by atoms with E-state index in [0.29, 0.717) is 28.0 Å². The smallest absolute Gasteiger partial charge is 0.259 e. The third-order valence-electron chi connectivity index (χ3n) is 4.28. The van der Waals surface area contributed by atoms with Gasteiger partial charge in [-0.25, -0.2) is 0 Å². The summed E-state index contributed by atoms with van der Waals surface area (Å²) in [5.74, 6) is -0.175. The van der Waals surface area contributed by atoms with Gasteiger partial charge in [-0.2, -0.15) is 0 Å². The first-order valence-corrected chi connectivity index (χ1v) is 7.76. The molecule has 1 aliphatic rings. The standard InChI is InChI=1S/C20H13NO4/c22-10-12-8-9-17(15-6-2-1-5-14(12)15)25-11-13-4-3-7-16-18(13)20(24)21-19(16)23/h1-10H,11H2,(H,21,23,24). The molecule has 0 bridgehead atoms. The molecule has 2 amide bonds. The van der Waals surface area contributed by atoms with Gasteiger partial charge < -0.3 is 4.74 Å². The third kappa shape index (κ3) is 2.46. The molecule has 1 aliphatic heterocycles. The fraction of sp³-hybridized carbons (Fsp3) is 0.0500. The lowest BCUT2D eigenvalue weighted by Crippen LogP contribution is -2.20. The molecular formula is C20H13NO4. The first-order chi connectivity index (χ1) is 12.2. The summed E-state index contributed by atoms with van der Waals surface area (Å²) < 4.78 is 5.91. The zero-order chi connectivity index (χ0) is 17.4. The van der Waals surface area contributed by atoms with Gasteiger partial charge in [0.05, 0.1) is 11.1 Å². The Morgan fingerprint density at radius 2 is 1.68 bits per heavy atom. The van der Waals surface area contributed by atoms with Crippen molar-refractivity contribution < 1.29 is 19.1 Å². The van der Waals surface area contributed by atoms with E-state index in [1.165, 1.54) is 0 Å². The van der Waals surface area contributed by atoms with Crippen LogP contribution in [-0.2, 0) is 6.61 Å². The molecule has 3 aromatic rings. The van der Waals surface area contributed by atoms with Gasteiger partial charge in [0.15, 0.2) is 6.29 Å². The lowest BCUT2D eigenvalue weighted by atomic mass is 10.0. The van der Waals surface area contributed by atoms with E-state index < -0.39 is 5.91 Å². The maximum atomic E-state index is 12.0. The van der Waals surface area contributed by atoms with E-state index in [1.807, 2.05) is 24.3 Å². The quantitative estimate of drug-likeness (QED) is 0.589. The number of carbonyl (C=O) groups is 3. The average molecular weight is 331 g/mol. The predicted molar refractivity (Wildman–Crippen MR) is 91.9 cm³/mol. The summed E-state index contributed by atoms with van der Waals surface area (Å²) in [6.07, 6.45) is 0.812. The second-order valence-electron chi connectivity index (χ2n) is 5.73. The second-order valence-corrected chi connectivity index (χ2v) is 5.73. The van der Waals surface area contributed by atoms with Crippen molar-refractivity contribution in [2.45, 2.75) is 6.61 Å². The van der Waals surface area contributed by atoms with Crippen molar-refractivity contribution in [2.24, 2.45) is 0 Å². The van der Waals surface area contributed by atoms with Crippen molar-refractivity contribution in [1.82, 2.24) is 5.32 Å². The van der Waals surface area contributed by atoms with Gasteiger partial charge in [-0.15, -0.1) is 0 Å². The summed E-state index contributed by atoms with van der Waals surface area (Å²) >= 11 is 0. The number of imide groups is 1. The van der Waals surface area contributed by atoms with Crippen LogP contribution in [0, 0.1) is 0 Å². The van der Waals surface area contributed by atoms with E-state index in [1.54, 1.807) is 30.3 Å². The number of ether oxygens (including phenoxy) is 1. The van der Waals surface area contributed by atoms with Crippen LogP contribution in [0.15, 0.2) is 54.6 Å². The van der Waals surface area contributed by atoms with E-state index in [-0.39, 0.29) is 12.5 Å². The van der Waals surface area contributed by atoms with Crippen LogP contribution in [0.25, 0.3) is 10.8 Å². The minimum Gasteiger partial charge on any atom is -0.488 e. The van der Waals surface area contributed by atoms with Crippen LogP contribution in [0.3, 0.4) is 0 Å². The second kappa shape index (κ2) is 5.87. The van der Waals surface area contributed by atoms with Gasteiger partial charge in [-0.3, -0.25) is 19.7 Å². The Labute approximate surface area is 143 Å². The fourth-order valence-corrected chi connectivity index (χ4v) is 3.09. The topological polar surface area (TPSA) is 72.5 Å². The molecule has 1 N–H and O–H groups in total. The van der Waals surface area contributed by atoms with E-state index in [2.05, 4.69) is 5.32 Å². The molecule has 0 saturated carbocycles. The van der Waals surface area contributed by atoms with Gasteiger partial charge in [0, 0.05) is 16.5 Å². The maximum Gasteiger partial charge on any atom is 0.259 e. The number of carbonyl (C=O) groups excluding carboxylic acids is 3. The van der Waals surface area contributed by atoms with Gasteiger partial charge in [0.1, 0.15) is 12.4 Å². The molecule has 0 spiro atoms. The summed E-state index contributed by atoms with van der Waals surface area (Å²) in [7, 11) is 0. The number of rotatable bonds is 4. The Hall–Kier alpha value is -3.47. The molecule has 122 valence electrons. The molecule has 0 atom stereocenters. The first-order valence-electron chi connectivity index (χ1n) is 7.76. The summed E-state index contributed by atoms with van der Waals surface area (Å²) in [6.45, 7) is 0.147. The summed E-state index contributed by atoms with van der Waals surface area (Å²) in [6, 6.07) is 16.0. The van der Waals surface area contributed by atoms with Gasteiger partial charge in [-0.05, 0) is 23.6 Å². The van der Waals surface area contributed by atoms with Crippen molar-refractivity contribution in [1.29, 1.82) is 0 Å². The molecule has 25 heavy (non-hydrogen) atoms. The van der Waals surface area contributed by atoms with Crippen LogP contribution in [0.1, 0.15) is 36.6 Å². The van der Waals surface area contributed by atoms with Crippen molar-refractivity contribution in [3.63, 3.8) is 0 Å². The molecule has 0 radical (unpaired) electrons. The Morgan fingerprint density at radius 3 is 2.48 bits per heavy atom. The Kier molecular flexibility index (Phi) is 3.54. The highest BCUT2D eigenvalue weighted by molar-refractivity contribution is 6.22. The predicted octanol–water partition coefficient (Wildman–Crippen LogP) is 3.11. The zero-order valence-corrected chi connectivity index (χ0v) is 13.1. The highest BCUT2D eigenvalue weighted by Crippen LogP contribution is 2.29. The SMILES string of the molecule is O=Cc1ccc(OCc2cccc3c2C(=O)NC3=O)c2ccccc12. The van der Waals surface area contributed by atoms with Gasteiger partial charge >= 0.3 is 0 Å². The Bertz CT molecular complexity index is 1040. The van der Waals surface area contributed by atoms with Crippen LogP contribution >= 0.6 is 0 Å². The maximum absolute atomic E-state index is 12.0. The van der Waals surface area contributed by atoms with Gasteiger partial charge in [0.25, 0.3) is 11.8 Å². The van der Waals surface area contributed by atoms with Gasteiger partial charge in [0.2, 0.25) is 0 Å². The number of nitrogens with one attached hydrogen (secondary N) is 1. The van der Waals surface area contributed by atoms with Crippen LogP contribution in [-0.4, -0.2) is 18.1 Å². The molecule has 0 unspecified atom stereocenters. The minimum atomic E-state index is -0.402. The first kappa shape index (κ1) is 15.1. The van der Waals surface area contributed by atoms with Crippen LogP contribution < -0.4 is 10.1 Å². The van der Waals surface area contributed by atoms with Crippen molar-refractivity contribution >= 4 is 28.9 Å². The monoisotopic (exact) mass is 331 g/mol. The number of aldehydes is 1. The van der Waals surface area contributed by atoms with Crippen LogP contribution in [0.4, 0.5) is 0 Å². The molecule has 5 heteroatoms. The fourth-order valence-electron chi connectivity index (χ4n) is 3.09. The summed E-state index contributed by atoms with van der Waals surface area (Å²) in [5.41, 5.74) is 1.96. The summed E-state index contributed by atoms with van der Waals surface area (Å²) in [4.78, 5) is 34.9. The van der Waals surface area contributed by atoms with Gasteiger partial charge in [-0.1, -0.05) is 36.4 Å². The molecule has 0 aliphatic carbocycles. The normalized spacial score (nSPS) is 12.8. The van der Waals surface area contributed by atoms with Crippen molar-refractivity contribution in [3.8, 4) is 5.75 Å². The molecule has 0 saturated heterocycles. The zero-order valence-electron chi connectivity index (χ0n) is 13.1. The van der Waals surface area contributed by atoms with E-state index in [9.17, 15) is 14.4 Å². The van der Waals surface area contributed by atoms with Crippen molar-refractivity contribution in [3.05, 3.63) is 76.9 Å². The van der Waals surface area contributed by atoms with Crippen LogP contribution in [0.5, 0.6) is 5.75 Å². The Morgan fingerprint density at radius 1 is 0.880 bits per heavy atom. The van der Waals surface area contributed by atoms with Crippen molar-refractivity contribution in [2.75, 3.05) is 0 Å². The average Bonchev–Trinajstić information content (AvgIpc) is 2.94. The number of hydrogen-bond donors (Lipinski definition) is 1. The highest BCUT2D eigenvalue weighted by atomic mass is 16.5. The number of benzene rings is 3. The van der Waals surface area contributed by atoms with Crippen LogP contribution in [0.2, 0.25) is 0 Å². The molecule has 3 aromatic carbocycles. The number of hydrogen-bond acceptors (Lipinski definition) is 4. The molecular weight excluding hydrogens is 318 g/mol. The number of fused-ring (bicyclic) bond motifs is 2. The number of amides is 2. The largest absolute Gasteiger partial charge is 0.488 e. The van der Waals surface area contributed by atoms with E-state index >= 15 is 0 Å². The molecule has 4 rings (SSSR count). The third-order valence-corrected chi connectivity index (χ3v) is 4.28. The highest BCUT2D eigenvalue weighted by Gasteiger charge is 2.29. The molecule has 5 nitrogen and oxygen atoms in total. The van der Waals surface area contributed by atoms with E-state index in [4.69, 9.17) is 4.74 Å². The summed E-state index contributed by atoms with van der Waals surface area (Å²) in [5, 5.41) is 3.92. The Balaban J connectivity index is 1.70. The molecule has 0 aromatic heterocycles. The minimum absolute atomic E-state index is 0.147. The molecule has 1 heterocycles.